The van der Waals surface area contributed by atoms with E-state index in [0.29, 0.717) is 48.0 Å². The molecule has 6 nitrogen and oxygen atoms in total. The molecular formula is C28H38N2O4. The number of amides is 1. The van der Waals surface area contributed by atoms with Crippen molar-refractivity contribution in [3.63, 3.8) is 0 Å². The van der Waals surface area contributed by atoms with Crippen LogP contribution in [0.25, 0.3) is 6.08 Å². The first kappa shape index (κ1) is 25.6. The number of nitrogens with zero attached hydrogens (tertiary/aromatic N) is 2. The summed E-state index contributed by atoms with van der Waals surface area (Å²) in [6, 6.07) is 14.5. The average Bonchev–Trinajstić information content (AvgIpc) is 3.31. The van der Waals surface area contributed by atoms with Gasteiger partial charge >= 0.3 is 0 Å². The number of hydrogen-bond acceptors (Lipinski definition) is 5. The molecule has 2 aromatic rings. The zero-order chi connectivity index (χ0) is 24.7. The molecule has 0 aromatic heterocycles. The number of rotatable bonds is 10. The van der Waals surface area contributed by atoms with E-state index in [1.54, 1.807) is 33.5 Å². The van der Waals surface area contributed by atoms with Crippen molar-refractivity contribution in [3.05, 3.63) is 59.2 Å². The van der Waals surface area contributed by atoms with Gasteiger partial charge in [0.05, 0.1) is 21.3 Å². The first-order valence-corrected chi connectivity index (χ1v) is 11.9. The topological polar surface area (TPSA) is 51.2 Å². The molecule has 1 unspecified atom stereocenters. The lowest BCUT2D eigenvalue weighted by Gasteiger charge is -2.33. The predicted octanol–water partition coefficient (Wildman–Crippen LogP) is 5.13. The normalized spacial score (nSPS) is 16.6. The quantitative estimate of drug-likeness (QED) is 0.486. The zero-order valence-corrected chi connectivity index (χ0v) is 21.3. The molecule has 1 heterocycles. The van der Waals surface area contributed by atoms with E-state index in [0.717, 1.165) is 30.5 Å². The Morgan fingerprint density at radius 3 is 2.29 bits per heavy atom. The van der Waals surface area contributed by atoms with Gasteiger partial charge in [0.1, 0.15) is 0 Å². The van der Waals surface area contributed by atoms with Gasteiger partial charge in [0.2, 0.25) is 5.75 Å². The van der Waals surface area contributed by atoms with Crippen LogP contribution in [0.2, 0.25) is 0 Å². The molecule has 1 atom stereocenters. The second-order valence-electron chi connectivity index (χ2n) is 9.13. The molecular weight excluding hydrogens is 428 g/mol. The van der Waals surface area contributed by atoms with E-state index in [1.807, 2.05) is 23.1 Å². The lowest BCUT2D eigenvalue weighted by Crippen LogP contribution is -2.45. The Morgan fingerprint density at radius 1 is 1.09 bits per heavy atom. The Hall–Kier alpha value is -2.99. The minimum absolute atomic E-state index is 0.0457. The highest BCUT2D eigenvalue weighted by molar-refractivity contribution is 5.96. The molecule has 184 valence electrons. The van der Waals surface area contributed by atoms with Gasteiger partial charge in [-0.25, -0.2) is 0 Å². The Labute approximate surface area is 204 Å². The molecule has 1 aliphatic heterocycles. The van der Waals surface area contributed by atoms with Crippen LogP contribution in [0, 0.1) is 0 Å². The Kier molecular flexibility index (Phi) is 8.99. The van der Waals surface area contributed by atoms with Crippen LogP contribution >= 0.6 is 0 Å². The van der Waals surface area contributed by atoms with Crippen LogP contribution in [-0.2, 0) is 0 Å². The van der Waals surface area contributed by atoms with Crippen LogP contribution < -0.4 is 14.2 Å². The molecule has 0 bridgehead atoms. The van der Waals surface area contributed by atoms with E-state index in [-0.39, 0.29) is 5.91 Å². The van der Waals surface area contributed by atoms with E-state index in [1.165, 1.54) is 0 Å². The summed E-state index contributed by atoms with van der Waals surface area (Å²) >= 11 is 0. The second-order valence-corrected chi connectivity index (χ2v) is 9.13. The average molecular weight is 467 g/mol. The van der Waals surface area contributed by atoms with Crippen molar-refractivity contribution < 1.29 is 19.0 Å². The number of likely N-dealkylation sites (tertiary alicyclic amines) is 1. The summed E-state index contributed by atoms with van der Waals surface area (Å²) in [5.41, 5.74) is 2.78. The molecule has 1 saturated heterocycles. The highest BCUT2D eigenvalue weighted by atomic mass is 16.5. The van der Waals surface area contributed by atoms with Crippen LogP contribution in [0.3, 0.4) is 0 Å². The molecule has 2 aromatic carbocycles. The van der Waals surface area contributed by atoms with Crippen LogP contribution in [0.1, 0.15) is 49.5 Å². The standard InChI is InChI=1S/C28H38N2O4/c1-20(2)30-14-10-13-24(30)19-29(18-21(3)15-22-11-8-7-9-12-22)28(31)23-16-25(32-4)27(34-6)26(17-23)33-5/h7-9,11-12,15-17,20,24H,10,13-14,18-19H2,1-6H3/b21-15+. The van der Waals surface area contributed by atoms with Crippen molar-refractivity contribution in [2.45, 2.75) is 45.7 Å². The third-order valence-electron chi connectivity index (χ3n) is 6.37. The smallest absolute Gasteiger partial charge is 0.254 e. The third kappa shape index (κ3) is 6.11. The molecule has 0 radical (unpaired) electrons. The van der Waals surface area contributed by atoms with Crippen molar-refractivity contribution >= 4 is 12.0 Å². The summed E-state index contributed by atoms with van der Waals surface area (Å²) in [6.07, 6.45) is 4.40. The zero-order valence-electron chi connectivity index (χ0n) is 21.3. The van der Waals surface area contributed by atoms with E-state index >= 15 is 0 Å². The summed E-state index contributed by atoms with van der Waals surface area (Å²) in [5.74, 6) is 1.39. The van der Waals surface area contributed by atoms with E-state index in [9.17, 15) is 4.79 Å². The van der Waals surface area contributed by atoms with E-state index in [2.05, 4.69) is 43.9 Å². The summed E-state index contributed by atoms with van der Waals surface area (Å²) < 4.78 is 16.4. The Bertz CT molecular complexity index is 962. The van der Waals surface area contributed by atoms with Gasteiger partial charge in [-0.1, -0.05) is 42.0 Å². The molecule has 0 spiro atoms. The lowest BCUT2D eigenvalue weighted by molar-refractivity contribution is 0.0705. The van der Waals surface area contributed by atoms with Crippen molar-refractivity contribution in [1.82, 2.24) is 9.80 Å². The number of carbonyl (C=O) groups excluding carboxylic acids is 1. The fraction of sp³-hybridized carbons (Fsp3) is 0.464. The number of hydrogen-bond donors (Lipinski definition) is 0. The van der Waals surface area contributed by atoms with Crippen molar-refractivity contribution in [1.29, 1.82) is 0 Å². The largest absolute Gasteiger partial charge is 0.493 e. The summed E-state index contributed by atoms with van der Waals surface area (Å²) in [4.78, 5) is 18.3. The first-order chi connectivity index (χ1) is 16.4. The Balaban J connectivity index is 1.94. The van der Waals surface area contributed by atoms with Crippen molar-refractivity contribution in [2.75, 3.05) is 41.0 Å². The second kappa shape index (κ2) is 11.9. The van der Waals surface area contributed by atoms with Gasteiger partial charge in [-0.15, -0.1) is 0 Å². The van der Waals surface area contributed by atoms with Crippen LogP contribution in [0.5, 0.6) is 17.2 Å². The fourth-order valence-electron chi connectivity index (χ4n) is 4.78. The third-order valence-corrected chi connectivity index (χ3v) is 6.37. The number of carbonyl (C=O) groups is 1. The van der Waals surface area contributed by atoms with E-state index < -0.39 is 0 Å². The minimum Gasteiger partial charge on any atom is -0.493 e. The monoisotopic (exact) mass is 466 g/mol. The molecule has 0 N–H and O–H groups in total. The predicted molar refractivity (Wildman–Crippen MR) is 137 cm³/mol. The maximum Gasteiger partial charge on any atom is 0.254 e. The molecule has 0 saturated carbocycles. The fourth-order valence-corrected chi connectivity index (χ4v) is 4.78. The molecule has 1 aliphatic rings. The molecule has 3 rings (SSSR count). The molecule has 0 aliphatic carbocycles. The summed E-state index contributed by atoms with van der Waals surface area (Å²) in [5, 5.41) is 0. The van der Waals surface area contributed by atoms with E-state index in [4.69, 9.17) is 14.2 Å². The van der Waals surface area contributed by atoms with Crippen molar-refractivity contribution in [2.24, 2.45) is 0 Å². The van der Waals surface area contributed by atoms with Gasteiger partial charge in [-0.2, -0.15) is 0 Å². The summed E-state index contributed by atoms with van der Waals surface area (Å²) in [7, 11) is 4.69. The van der Waals surface area contributed by atoms with Crippen molar-refractivity contribution in [3.8, 4) is 17.2 Å². The van der Waals surface area contributed by atoms with Crippen LogP contribution in [0.15, 0.2) is 48.0 Å². The van der Waals surface area contributed by atoms with Gasteiger partial charge in [0.25, 0.3) is 5.91 Å². The number of benzene rings is 2. The highest BCUT2D eigenvalue weighted by Crippen LogP contribution is 2.38. The SMILES string of the molecule is COc1cc(C(=O)N(C/C(C)=C/c2ccccc2)CC2CCCN2C(C)C)cc(OC)c1OC. The molecule has 6 heteroatoms. The Morgan fingerprint density at radius 2 is 1.74 bits per heavy atom. The summed E-state index contributed by atoms with van der Waals surface area (Å²) in [6.45, 7) is 8.83. The molecule has 1 fully saturated rings. The number of methoxy groups -OCH3 is 3. The van der Waals surface area contributed by atoms with Crippen LogP contribution in [-0.4, -0.2) is 68.8 Å². The van der Waals surface area contributed by atoms with Gasteiger partial charge < -0.3 is 19.1 Å². The number of ether oxygens (including phenoxy) is 3. The first-order valence-electron chi connectivity index (χ1n) is 11.9. The maximum absolute atomic E-state index is 13.9. The lowest BCUT2D eigenvalue weighted by atomic mass is 10.1. The molecule has 1 amide bonds. The molecule has 34 heavy (non-hydrogen) atoms. The van der Waals surface area contributed by atoms with Gasteiger partial charge in [-0.05, 0) is 57.9 Å². The van der Waals surface area contributed by atoms with Gasteiger partial charge in [0.15, 0.2) is 11.5 Å². The van der Waals surface area contributed by atoms with Gasteiger partial charge in [0, 0.05) is 30.7 Å². The highest BCUT2D eigenvalue weighted by Gasteiger charge is 2.30. The maximum atomic E-state index is 13.9. The van der Waals surface area contributed by atoms with Gasteiger partial charge in [-0.3, -0.25) is 9.69 Å². The minimum atomic E-state index is -0.0457. The van der Waals surface area contributed by atoms with Crippen LogP contribution in [0.4, 0.5) is 0 Å².